The van der Waals surface area contributed by atoms with Gasteiger partial charge < -0.3 is 20.3 Å². The Balaban J connectivity index is 3.56. The average molecular weight is 720 g/mol. The van der Waals surface area contributed by atoms with Gasteiger partial charge in [0.15, 0.2) is 0 Å². The molecule has 0 radical (unpaired) electrons. The van der Waals surface area contributed by atoms with Crippen molar-refractivity contribution < 1.29 is 24.5 Å². The first kappa shape index (κ1) is 49.3. The molecular formula is C45H85NO5. The normalized spacial score (nSPS) is 12.9. The van der Waals surface area contributed by atoms with Crippen molar-refractivity contribution in [1.82, 2.24) is 5.32 Å². The van der Waals surface area contributed by atoms with Gasteiger partial charge in [0.25, 0.3) is 0 Å². The second-order valence-electron chi connectivity index (χ2n) is 15.0. The number of unbranched alkanes of at least 4 members (excludes halogenated alkanes) is 25. The SMILES string of the molecule is CCCCC/C=C\CCCCCCCC(=O)OCCCC/C=C\CCCCCCC(=O)NC(CO)C(O)CCCCCCCCCCCCCC. The number of nitrogens with one attached hydrogen (secondary N) is 1. The first-order valence-electron chi connectivity index (χ1n) is 22.1. The molecule has 0 saturated carbocycles. The van der Waals surface area contributed by atoms with E-state index in [0.717, 1.165) is 77.0 Å². The van der Waals surface area contributed by atoms with E-state index in [4.69, 9.17) is 4.74 Å². The Morgan fingerprint density at radius 3 is 1.43 bits per heavy atom. The monoisotopic (exact) mass is 720 g/mol. The van der Waals surface area contributed by atoms with E-state index in [1.54, 1.807) is 0 Å². The molecule has 0 bridgehead atoms. The number of esters is 1. The van der Waals surface area contributed by atoms with Crippen LogP contribution in [0.1, 0.15) is 226 Å². The molecule has 0 aromatic carbocycles. The molecule has 51 heavy (non-hydrogen) atoms. The molecule has 0 aliphatic rings. The molecule has 2 atom stereocenters. The van der Waals surface area contributed by atoms with Crippen LogP contribution >= 0.6 is 0 Å². The zero-order valence-corrected chi connectivity index (χ0v) is 33.8. The third kappa shape index (κ3) is 37.9. The van der Waals surface area contributed by atoms with Crippen LogP contribution in [0.15, 0.2) is 24.3 Å². The molecule has 0 spiro atoms. The van der Waals surface area contributed by atoms with Crippen molar-refractivity contribution in [1.29, 1.82) is 0 Å². The Morgan fingerprint density at radius 2 is 0.922 bits per heavy atom. The maximum atomic E-state index is 12.4. The highest BCUT2D eigenvalue weighted by atomic mass is 16.5. The van der Waals surface area contributed by atoms with Crippen molar-refractivity contribution >= 4 is 11.9 Å². The highest BCUT2D eigenvalue weighted by molar-refractivity contribution is 5.76. The summed E-state index contributed by atoms with van der Waals surface area (Å²) in [5, 5.41) is 23.1. The molecule has 3 N–H and O–H groups in total. The number of carbonyl (C=O) groups is 2. The van der Waals surface area contributed by atoms with Gasteiger partial charge in [0.05, 0.1) is 25.4 Å². The van der Waals surface area contributed by atoms with Gasteiger partial charge in [0.1, 0.15) is 0 Å². The smallest absolute Gasteiger partial charge is 0.305 e. The van der Waals surface area contributed by atoms with Gasteiger partial charge in [-0.05, 0) is 77.0 Å². The lowest BCUT2D eigenvalue weighted by Crippen LogP contribution is -2.45. The van der Waals surface area contributed by atoms with Gasteiger partial charge in [0, 0.05) is 12.8 Å². The van der Waals surface area contributed by atoms with E-state index in [1.165, 1.54) is 116 Å². The fourth-order valence-corrected chi connectivity index (χ4v) is 6.51. The van der Waals surface area contributed by atoms with E-state index in [9.17, 15) is 19.8 Å². The highest BCUT2D eigenvalue weighted by Gasteiger charge is 2.20. The molecule has 0 fully saturated rings. The van der Waals surface area contributed by atoms with E-state index < -0.39 is 12.1 Å². The second kappa shape index (κ2) is 41.1. The number of hydrogen-bond donors (Lipinski definition) is 3. The van der Waals surface area contributed by atoms with Crippen LogP contribution in [0.5, 0.6) is 0 Å². The minimum atomic E-state index is -0.684. The number of amides is 1. The van der Waals surface area contributed by atoms with Crippen LogP contribution in [0.3, 0.4) is 0 Å². The van der Waals surface area contributed by atoms with Gasteiger partial charge in [-0.15, -0.1) is 0 Å². The first-order chi connectivity index (χ1) is 25.0. The van der Waals surface area contributed by atoms with Gasteiger partial charge in [-0.25, -0.2) is 0 Å². The van der Waals surface area contributed by atoms with Gasteiger partial charge >= 0.3 is 5.97 Å². The fraction of sp³-hybridized carbons (Fsp3) is 0.867. The fourth-order valence-electron chi connectivity index (χ4n) is 6.51. The molecule has 0 saturated heterocycles. The summed E-state index contributed by atoms with van der Waals surface area (Å²) in [6, 6.07) is -0.565. The van der Waals surface area contributed by atoms with Crippen LogP contribution in [-0.4, -0.2) is 47.4 Å². The molecule has 6 nitrogen and oxygen atoms in total. The summed E-state index contributed by atoms with van der Waals surface area (Å²) in [5.74, 6) is -0.121. The maximum Gasteiger partial charge on any atom is 0.305 e. The summed E-state index contributed by atoms with van der Waals surface area (Å²) in [4.78, 5) is 24.3. The van der Waals surface area contributed by atoms with Crippen molar-refractivity contribution in [2.75, 3.05) is 13.2 Å². The summed E-state index contributed by atoms with van der Waals surface area (Å²) in [5.41, 5.74) is 0. The second-order valence-corrected chi connectivity index (χ2v) is 15.0. The third-order valence-electron chi connectivity index (χ3n) is 9.97. The van der Waals surface area contributed by atoms with Crippen molar-refractivity contribution in [2.24, 2.45) is 0 Å². The number of rotatable bonds is 40. The maximum absolute atomic E-state index is 12.4. The molecule has 6 heteroatoms. The van der Waals surface area contributed by atoms with Gasteiger partial charge in [-0.2, -0.15) is 0 Å². The van der Waals surface area contributed by atoms with Crippen molar-refractivity contribution in [3.8, 4) is 0 Å². The van der Waals surface area contributed by atoms with Gasteiger partial charge in [-0.1, -0.05) is 160 Å². The molecule has 0 rings (SSSR count). The molecule has 0 aliphatic carbocycles. The number of aliphatic hydroxyl groups is 2. The lowest BCUT2D eigenvalue weighted by Gasteiger charge is -2.22. The number of allylic oxidation sites excluding steroid dienone is 4. The Hall–Kier alpha value is -1.66. The molecule has 1 amide bonds. The lowest BCUT2D eigenvalue weighted by atomic mass is 10.0. The summed E-state index contributed by atoms with van der Waals surface area (Å²) in [6.07, 6.45) is 45.6. The molecule has 300 valence electrons. The molecule has 0 aromatic rings. The summed E-state index contributed by atoms with van der Waals surface area (Å²) < 4.78 is 5.40. The molecule has 0 heterocycles. The van der Waals surface area contributed by atoms with E-state index in [1.807, 2.05) is 0 Å². The lowest BCUT2D eigenvalue weighted by molar-refractivity contribution is -0.143. The number of ether oxygens (including phenoxy) is 1. The first-order valence-corrected chi connectivity index (χ1v) is 22.1. The highest BCUT2D eigenvalue weighted by Crippen LogP contribution is 2.15. The molecule has 2 unspecified atom stereocenters. The Morgan fingerprint density at radius 1 is 0.529 bits per heavy atom. The van der Waals surface area contributed by atoms with E-state index in [-0.39, 0.29) is 18.5 Å². The van der Waals surface area contributed by atoms with Crippen LogP contribution in [-0.2, 0) is 14.3 Å². The number of carbonyl (C=O) groups excluding carboxylic acids is 2. The van der Waals surface area contributed by atoms with Crippen LogP contribution in [0.25, 0.3) is 0 Å². The number of hydrogen-bond acceptors (Lipinski definition) is 5. The van der Waals surface area contributed by atoms with Crippen LogP contribution in [0.2, 0.25) is 0 Å². The van der Waals surface area contributed by atoms with Crippen molar-refractivity contribution in [3.63, 3.8) is 0 Å². The standard InChI is InChI=1S/C45H85NO5/c1-3-5-7-9-11-13-15-17-21-25-29-33-37-43(48)42(41-47)46-44(49)38-34-30-26-22-19-20-24-28-32-36-40-51-45(50)39-35-31-27-23-18-16-14-12-10-8-6-4-2/h12,14,20,24,42-43,47-48H,3-11,13,15-19,21-23,25-41H2,1-2H3,(H,46,49)/b14-12-,24-20-. The summed E-state index contributed by atoms with van der Waals surface area (Å²) in [7, 11) is 0. The predicted molar refractivity (Wildman–Crippen MR) is 218 cm³/mol. The minimum Gasteiger partial charge on any atom is -0.466 e. The van der Waals surface area contributed by atoms with Crippen LogP contribution in [0, 0.1) is 0 Å². The van der Waals surface area contributed by atoms with Gasteiger partial charge in [-0.3, -0.25) is 9.59 Å². The Kier molecular flexibility index (Phi) is 39.8. The predicted octanol–water partition coefficient (Wildman–Crippen LogP) is 12.4. The molecule has 0 aliphatic heterocycles. The van der Waals surface area contributed by atoms with E-state index in [0.29, 0.717) is 25.9 Å². The van der Waals surface area contributed by atoms with Gasteiger partial charge in [0.2, 0.25) is 5.91 Å². The van der Waals surface area contributed by atoms with Crippen LogP contribution in [0.4, 0.5) is 0 Å². The summed E-state index contributed by atoms with van der Waals surface area (Å²) >= 11 is 0. The van der Waals surface area contributed by atoms with Crippen molar-refractivity contribution in [3.05, 3.63) is 24.3 Å². The third-order valence-corrected chi connectivity index (χ3v) is 9.97. The molecular weight excluding hydrogens is 634 g/mol. The van der Waals surface area contributed by atoms with E-state index >= 15 is 0 Å². The zero-order chi connectivity index (χ0) is 37.3. The van der Waals surface area contributed by atoms with E-state index in [2.05, 4.69) is 43.5 Å². The Labute approximate surface area is 316 Å². The number of aliphatic hydroxyl groups excluding tert-OH is 2. The zero-order valence-electron chi connectivity index (χ0n) is 33.8. The Bertz CT molecular complexity index is 797. The summed E-state index contributed by atoms with van der Waals surface area (Å²) in [6.45, 7) is 4.81. The van der Waals surface area contributed by atoms with Crippen molar-refractivity contribution in [2.45, 2.75) is 238 Å². The average Bonchev–Trinajstić information content (AvgIpc) is 3.13. The van der Waals surface area contributed by atoms with Crippen LogP contribution < -0.4 is 5.32 Å². The quantitative estimate of drug-likeness (QED) is 0.0333. The molecule has 0 aromatic heterocycles. The largest absolute Gasteiger partial charge is 0.466 e. The topological polar surface area (TPSA) is 95.9 Å². The minimum absolute atomic E-state index is 0.0473.